The molecule has 0 aliphatic heterocycles. The molecular formula is C21H20BF4KN2O3. The van der Waals surface area contributed by atoms with Gasteiger partial charge in [-0.25, -0.2) is 4.39 Å². The Kier molecular flexibility index (Phi) is 8.15. The van der Waals surface area contributed by atoms with Crippen molar-refractivity contribution in [2.45, 2.75) is 39.7 Å². The Labute approximate surface area is 224 Å². The molecule has 0 unspecified atom stereocenters. The van der Waals surface area contributed by atoms with Gasteiger partial charge in [-0.3, -0.25) is 9.59 Å². The van der Waals surface area contributed by atoms with Crippen molar-refractivity contribution in [3.63, 3.8) is 0 Å². The molecule has 1 heterocycles. The van der Waals surface area contributed by atoms with Gasteiger partial charge in [0.2, 0.25) is 0 Å². The molecule has 0 N–H and O–H groups in total. The molecule has 11 heteroatoms. The number of hydrogen-bond acceptors (Lipinski definition) is 4. The standard InChI is InChI=1S/C21H20BF4N2O3.K/c1-12(29)31-11-15-16(22(24,25)26)6-5-7-18(15)28-20(30)19-13(10-27-28)8-14(9-17(19)23)21(2,3)4;/h5-10H,11H2,1-4H3;/q-1;+1. The molecule has 32 heavy (non-hydrogen) atoms. The maximum Gasteiger partial charge on any atom is 1.00 e. The van der Waals surface area contributed by atoms with E-state index in [1.54, 1.807) is 6.07 Å². The molecule has 0 saturated heterocycles. The molecule has 0 spiro atoms. The van der Waals surface area contributed by atoms with Crippen molar-refractivity contribution >= 4 is 29.2 Å². The maximum absolute atomic E-state index is 14.9. The Morgan fingerprint density at radius 3 is 2.41 bits per heavy atom. The van der Waals surface area contributed by atoms with E-state index < -0.39 is 42.0 Å². The van der Waals surface area contributed by atoms with Crippen LogP contribution < -0.4 is 62.4 Å². The molecule has 5 nitrogen and oxygen atoms in total. The number of carbonyl (C=O) groups is 1. The monoisotopic (exact) mass is 474 g/mol. The van der Waals surface area contributed by atoms with Gasteiger partial charge in [-0.1, -0.05) is 38.4 Å². The van der Waals surface area contributed by atoms with E-state index >= 15 is 0 Å². The van der Waals surface area contributed by atoms with E-state index in [9.17, 15) is 26.9 Å². The Bertz CT molecular complexity index is 1240. The quantitative estimate of drug-likeness (QED) is 0.321. The molecule has 0 aliphatic carbocycles. The molecule has 164 valence electrons. The fourth-order valence-electron chi connectivity index (χ4n) is 3.27. The molecule has 0 bridgehead atoms. The zero-order valence-electron chi connectivity index (χ0n) is 18.4. The molecule has 3 aromatic rings. The number of esters is 1. The second-order valence-corrected chi connectivity index (χ2v) is 8.23. The summed E-state index contributed by atoms with van der Waals surface area (Å²) in [5, 5.41) is 3.94. The SMILES string of the molecule is CC(=O)OCc1c(-n2ncc3cc(C(C)(C)C)cc(F)c3c2=O)cccc1[B-](F)(F)F.[K+]. The van der Waals surface area contributed by atoms with Gasteiger partial charge in [0.05, 0.1) is 17.3 Å². The second-order valence-electron chi connectivity index (χ2n) is 8.23. The summed E-state index contributed by atoms with van der Waals surface area (Å²) in [7, 11) is 0. The van der Waals surface area contributed by atoms with Crippen LogP contribution in [-0.4, -0.2) is 22.7 Å². The first-order valence-corrected chi connectivity index (χ1v) is 9.48. The van der Waals surface area contributed by atoms with E-state index in [2.05, 4.69) is 5.10 Å². The Hall–Kier alpha value is -1.53. The minimum absolute atomic E-state index is 0. The predicted molar refractivity (Wildman–Crippen MR) is 110 cm³/mol. The fraction of sp³-hybridized carbons (Fsp3) is 0.286. The number of hydrogen-bond donors (Lipinski definition) is 0. The van der Waals surface area contributed by atoms with Crippen molar-refractivity contribution in [2.75, 3.05) is 0 Å². The number of nitrogens with zero attached hydrogens (tertiary/aromatic N) is 2. The first kappa shape index (κ1) is 26.7. The van der Waals surface area contributed by atoms with Gasteiger partial charge in [0.25, 0.3) is 5.56 Å². The van der Waals surface area contributed by atoms with Crippen molar-refractivity contribution in [1.82, 2.24) is 9.78 Å². The Morgan fingerprint density at radius 2 is 1.84 bits per heavy atom. The molecule has 0 atom stereocenters. The third kappa shape index (κ3) is 5.51. The van der Waals surface area contributed by atoms with Gasteiger partial charge < -0.3 is 17.7 Å². The topological polar surface area (TPSA) is 61.2 Å². The van der Waals surface area contributed by atoms with Gasteiger partial charge in [-0.2, -0.15) is 9.78 Å². The summed E-state index contributed by atoms with van der Waals surface area (Å²) >= 11 is 0. The number of carbonyl (C=O) groups excluding carboxylic acids is 1. The summed E-state index contributed by atoms with van der Waals surface area (Å²) in [6.07, 6.45) is 1.23. The zero-order valence-corrected chi connectivity index (χ0v) is 21.5. The third-order valence-electron chi connectivity index (χ3n) is 4.89. The molecule has 0 amide bonds. The molecule has 1 aromatic heterocycles. The largest absolute Gasteiger partial charge is 1.00 e. The summed E-state index contributed by atoms with van der Waals surface area (Å²) in [6, 6.07) is 6.07. The Morgan fingerprint density at radius 1 is 1.19 bits per heavy atom. The number of halogens is 4. The minimum atomic E-state index is -5.47. The van der Waals surface area contributed by atoms with Crippen LogP contribution in [0.5, 0.6) is 0 Å². The number of rotatable bonds is 4. The van der Waals surface area contributed by atoms with Crippen LogP contribution in [0.15, 0.2) is 41.3 Å². The molecule has 0 radical (unpaired) electrons. The van der Waals surface area contributed by atoms with Crippen LogP contribution in [0.3, 0.4) is 0 Å². The van der Waals surface area contributed by atoms with Gasteiger partial charge in [-0.05, 0) is 34.7 Å². The van der Waals surface area contributed by atoms with Crippen LogP contribution in [0.25, 0.3) is 16.5 Å². The average Bonchev–Trinajstić information content (AvgIpc) is 2.64. The number of fused-ring (bicyclic) bond motifs is 1. The second kappa shape index (κ2) is 9.76. The average molecular weight is 474 g/mol. The van der Waals surface area contributed by atoms with Crippen LogP contribution in [0.2, 0.25) is 0 Å². The van der Waals surface area contributed by atoms with Gasteiger partial charge in [0.1, 0.15) is 12.4 Å². The van der Waals surface area contributed by atoms with E-state index in [0.29, 0.717) is 10.2 Å². The van der Waals surface area contributed by atoms with Crippen LogP contribution >= 0.6 is 0 Å². The number of aromatic nitrogens is 2. The first-order valence-electron chi connectivity index (χ1n) is 9.48. The van der Waals surface area contributed by atoms with Crippen molar-refractivity contribution in [3.05, 3.63) is 63.8 Å². The summed E-state index contributed by atoms with van der Waals surface area (Å²) in [4.78, 5) is 24.2. The van der Waals surface area contributed by atoms with Gasteiger partial charge >= 0.3 is 64.3 Å². The van der Waals surface area contributed by atoms with Gasteiger partial charge in [0.15, 0.2) is 0 Å². The normalized spacial score (nSPS) is 11.9. The van der Waals surface area contributed by atoms with E-state index in [1.807, 2.05) is 20.8 Å². The molecule has 3 rings (SSSR count). The molecule has 0 aliphatic rings. The predicted octanol–water partition coefficient (Wildman–Crippen LogP) is 0.944. The van der Waals surface area contributed by atoms with E-state index in [-0.39, 0.29) is 73.3 Å². The van der Waals surface area contributed by atoms with Crippen LogP contribution in [-0.2, 0) is 21.6 Å². The van der Waals surface area contributed by atoms with E-state index in [0.717, 1.165) is 19.1 Å². The fourth-order valence-corrected chi connectivity index (χ4v) is 3.27. The number of ether oxygens (including phenoxy) is 1. The van der Waals surface area contributed by atoms with Crippen molar-refractivity contribution in [2.24, 2.45) is 0 Å². The summed E-state index contributed by atoms with van der Waals surface area (Å²) in [6.45, 7) is 0.529. The summed E-state index contributed by atoms with van der Waals surface area (Å²) < 4.78 is 61.1. The van der Waals surface area contributed by atoms with E-state index in [4.69, 9.17) is 4.74 Å². The Balaban J connectivity index is 0.00000363. The first-order chi connectivity index (χ1) is 14.3. The maximum atomic E-state index is 14.9. The van der Waals surface area contributed by atoms with E-state index in [1.165, 1.54) is 18.3 Å². The van der Waals surface area contributed by atoms with Crippen LogP contribution in [0.4, 0.5) is 17.3 Å². The van der Waals surface area contributed by atoms with Crippen LogP contribution in [0.1, 0.15) is 38.8 Å². The zero-order chi connectivity index (χ0) is 23.1. The summed E-state index contributed by atoms with van der Waals surface area (Å²) in [5.41, 5.74) is -2.32. The van der Waals surface area contributed by atoms with Gasteiger partial charge in [-0.15, -0.1) is 0 Å². The third-order valence-corrected chi connectivity index (χ3v) is 4.89. The van der Waals surface area contributed by atoms with Crippen molar-refractivity contribution in [1.29, 1.82) is 0 Å². The number of benzene rings is 2. The molecule has 0 fully saturated rings. The van der Waals surface area contributed by atoms with Crippen molar-refractivity contribution < 1.29 is 78.3 Å². The molecule has 2 aromatic carbocycles. The summed E-state index contributed by atoms with van der Waals surface area (Å²) in [5.74, 6) is -1.57. The molecular weight excluding hydrogens is 454 g/mol. The smallest absolute Gasteiger partial charge is 0.461 e. The van der Waals surface area contributed by atoms with Crippen LogP contribution in [0, 0.1) is 5.82 Å². The minimum Gasteiger partial charge on any atom is -0.461 e. The van der Waals surface area contributed by atoms with Crippen molar-refractivity contribution in [3.8, 4) is 5.69 Å². The molecule has 0 saturated carbocycles. The van der Waals surface area contributed by atoms with Gasteiger partial charge in [0, 0.05) is 12.3 Å².